The minimum Gasteiger partial charge on any atom is -0.481 e. The maximum atomic E-state index is 12.7. The highest BCUT2D eigenvalue weighted by Crippen LogP contribution is 2.05. The largest absolute Gasteiger partial charge is 0.481 e. The summed E-state index contributed by atoms with van der Waals surface area (Å²) in [5.41, 5.74) is 5.82. The Labute approximate surface area is 203 Å². The molecule has 14 heteroatoms. The first-order chi connectivity index (χ1) is 15.7. The molecule has 0 aromatic heterocycles. The molecule has 0 heterocycles. The Kier molecular flexibility index (Phi) is 13.8. The third-order valence-corrected chi connectivity index (χ3v) is 5.00. The van der Waals surface area contributed by atoms with Crippen LogP contribution in [-0.2, 0) is 28.8 Å². The van der Waals surface area contributed by atoms with Gasteiger partial charge in [-0.15, -0.1) is 0 Å². The first-order valence-corrected chi connectivity index (χ1v) is 11.3. The molecule has 0 unspecified atom stereocenters. The van der Waals surface area contributed by atoms with E-state index in [0.717, 1.165) is 0 Å². The van der Waals surface area contributed by atoms with E-state index in [-0.39, 0.29) is 18.1 Å². The highest BCUT2D eigenvalue weighted by molar-refractivity contribution is 7.80. The summed E-state index contributed by atoms with van der Waals surface area (Å²) in [7, 11) is 0. The predicted molar refractivity (Wildman–Crippen MR) is 125 cm³/mol. The monoisotopic (exact) mass is 505 g/mol. The molecule has 0 rings (SSSR count). The number of carbonyl (C=O) groups is 6. The number of carbonyl (C=O) groups excluding carboxylic acids is 4. The van der Waals surface area contributed by atoms with Gasteiger partial charge in [-0.05, 0) is 32.6 Å². The van der Waals surface area contributed by atoms with Gasteiger partial charge in [-0.3, -0.25) is 28.8 Å². The number of rotatable bonds is 15. The minimum atomic E-state index is -1.26. The average Bonchev–Trinajstić information content (AvgIpc) is 2.73. The number of carboxylic acid groups (broad SMARTS) is 2. The summed E-state index contributed by atoms with van der Waals surface area (Å²) >= 11 is 3.98. The van der Waals surface area contributed by atoms with E-state index in [9.17, 15) is 28.8 Å². The van der Waals surface area contributed by atoms with E-state index in [1.165, 1.54) is 13.8 Å². The third kappa shape index (κ3) is 11.8. The van der Waals surface area contributed by atoms with Crippen molar-refractivity contribution in [2.45, 2.75) is 77.2 Å². The molecule has 0 aliphatic heterocycles. The molecule has 8 N–H and O–H groups in total. The molecule has 34 heavy (non-hydrogen) atoms. The van der Waals surface area contributed by atoms with Gasteiger partial charge in [0.1, 0.15) is 24.2 Å². The standard InChI is InChI=1S/C20H35N5O8S/c1-9(2)7-12(21)17(29)24-13(5-6-15(26)27)18(30)22-10(3)16(28)25-14(8-34)19(31)23-11(4)20(32)33/h9-14,34H,5-8,21H2,1-4H3,(H,22,30)(H,23,31)(H,24,29)(H,25,28)(H,26,27)(H,32,33)/t10-,11-,12-,13-,14-/m0/s1. The second-order valence-electron chi connectivity index (χ2n) is 8.27. The highest BCUT2D eigenvalue weighted by Gasteiger charge is 2.29. The Hall–Kier alpha value is -2.87. The van der Waals surface area contributed by atoms with Crippen molar-refractivity contribution in [3.63, 3.8) is 0 Å². The number of amides is 4. The van der Waals surface area contributed by atoms with Crippen molar-refractivity contribution >= 4 is 48.2 Å². The van der Waals surface area contributed by atoms with Crippen LogP contribution in [0, 0.1) is 5.92 Å². The lowest BCUT2D eigenvalue weighted by molar-refractivity contribution is -0.141. The third-order valence-electron chi connectivity index (χ3n) is 4.64. The van der Waals surface area contributed by atoms with Crippen LogP contribution in [0.4, 0.5) is 0 Å². The van der Waals surface area contributed by atoms with E-state index >= 15 is 0 Å². The zero-order valence-electron chi connectivity index (χ0n) is 19.7. The van der Waals surface area contributed by atoms with Crippen molar-refractivity contribution in [1.82, 2.24) is 21.3 Å². The number of hydrogen-bond acceptors (Lipinski definition) is 8. The fraction of sp³-hybridized carbons (Fsp3) is 0.700. The summed E-state index contributed by atoms with van der Waals surface area (Å²) in [6.07, 6.45) is -0.294. The summed E-state index contributed by atoms with van der Waals surface area (Å²) < 4.78 is 0. The van der Waals surface area contributed by atoms with E-state index in [2.05, 4.69) is 33.9 Å². The minimum absolute atomic E-state index is 0.117. The summed E-state index contributed by atoms with van der Waals surface area (Å²) in [6.45, 7) is 6.30. The first kappa shape index (κ1) is 31.1. The normalized spacial score (nSPS) is 15.3. The zero-order chi connectivity index (χ0) is 26.6. The van der Waals surface area contributed by atoms with Crippen LogP contribution in [0.3, 0.4) is 0 Å². The number of nitrogens with two attached hydrogens (primary N) is 1. The van der Waals surface area contributed by atoms with Gasteiger partial charge in [0, 0.05) is 12.2 Å². The molecule has 0 bridgehead atoms. The molecular formula is C20H35N5O8S. The Bertz CT molecular complexity index is 763. The number of hydrogen-bond donors (Lipinski definition) is 8. The van der Waals surface area contributed by atoms with E-state index < -0.39 is 72.2 Å². The molecule has 0 radical (unpaired) electrons. The van der Waals surface area contributed by atoms with Crippen molar-refractivity contribution in [2.75, 3.05) is 5.75 Å². The van der Waals surface area contributed by atoms with Gasteiger partial charge < -0.3 is 37.2 Å². The van der Waals surface area contributed by atoms with E-state index in [1.807, 2.05) is 13.8 Å². The predicted octanol–water partition coefficient (Wildman–Crippen LogP) is -1.78. The van der Waals surface area contributed by atoms with Crippen LogP contribution in [-0.4, -0.2) is 81.7 Å². The number of carboxylic acids is 2. The average molecular weight is 506 g/mol. The molecule has 0 saturated carbocycles. The quantitative estimate of drug-likeness (QED) is 0.118. The molecule has 0 fully saturated rings. The molecule has 0 saturated heterocycles. The lowest BCUT2D eigenvalue weighted by Crippen LogP contribution is -2.58. The molecule has 13 nitrogen and oxygen atoms in total. The van der Waals surface area contributed by atoms with Crippen LogP contribution >= 0.6 is 12.6 Å². The summed E-state index contributed by atoms with van der Waals surface area (Å²) in [5.74, 6) is -5.45. The molecule has 0 aliphatic rings. The SMILES string of the molecule is CC(C)C[C@H](N)C(=O)N[C@@H](CCC(=O)O)C(=O)N[C@@H](C)C(=O)N[C@@H](CS)C(=O)N[C@@H](C)C(=O)O. The number of nitrogens with one attached hydrogen (secondary N) is 4. The fourth-order valence-corrected chi connectivity index (χ4v) is 2.93. The van der Waals surface area contributed by atoms with Gasteiger partial charge in [0.2, 0.25) is 23.6 Å². The van der Waals surface area contributed by atoms with Crippen LogP contribution in [0.15, 0.2) is 0 Å². The lowest BCUT2D eigenvalue weighted by atomic mass is 10.0. The smallest absolute Gasteiger partial charge is 0.325 e. The summed E-state index contributed by atoms with van der Waals surface area (Å²) in [4.78, 5) is 71.4. The van der Waals surface area contributed by atoms with Crippen molar-refractivity contribution in [2.24, 2.45) is 11.7 Å². The fourth-order valence-electron chi connectivity index (χ4n) is 2.68. The number of aliphatic carboxylic acids is 2. The van der Waals surface area contributed by atoms with Gasteiger partial charge in [0.25, 0.3) is 0 Å². The number of thiol groups is 1. The molecule has 0 aromatic rings. The molecule has 5 atom stereocenters. The molecular weight excluding hydrogens is 470 g/mol. The second kappa shape index (κ2) is 15.1. The van der Waals surface area contributed by atoms with Gasteiger partial charge in [0.15, 0.2) is 0 Å². The van der Waals surface area contributed by atoms with Crippen LogP contribution in [0.5, 0.6) is 0 Å². The highest BCUT2D eigenvalue weighted by atomic mass is 32.1. The van der Waals surface area contributed by atoms with Gasteiger partial charge in [-0.25, -0.2) is 0 Å². The van der Waals surface area contributed by atoms with Crippen molar-refractivity contribution in [1.29, 1.82) is 0 Å². The van der Waals surface area contributed by atoms with E-state index in [1.54, 1.807) is 0 Å². The van der Waals surface area contributed by atoms with Crippen LogP contribution in [0.1, 0.15) is 47.0 Å². The molecule has 0 spiro atoms. The molecule has 0 aliphatic carbocycles. The van der Waals surface area contributed by atoms with Gasteiger partial charge in [-0.2, -0.15) is 12.6 Å². The molecule has 0 aromatic carbocycles. The Morgan fingerprint density at radius 1 is 0.765 bits per heavy atom. The van der Waals surface area contributed by atoms with Crippen LogP contribution < -0.4 is 27.0 Å². The van der Waals surface area contributed by atoms with Crippen molar-refractivity contribution in [3.8, 4) is 0 Å². The summed E-state index contributed by atoms with van der Waals surface area (Å²) in [5, 5.41) is 27.2. The topological polar surface area (TPSA) is 217 Å². The Morgan fingerprint density at radius 2 is 1.26 bits per heavy atom. The van der Waals surface area contributed by atoms with Gasteiger partial charge >= 0.3 is 11.9 Å². The summed E-state index contributed by atoms with van der Waals surface area (Å²) in [6, 6.07) is -5.69. The lowest BCUT2D eigenvalue weighted by Gasteiger charge is -2.24. The maximum absolute atomic E-state index is 12.7. The molecule has 4 amide bonds. The molecule has 194 valence electrons. The van der Waals surface area contributed by atoms with Crippen LogP contribution in [0.2, 0.25) is 0 Å². The van der Waals surface area contributed by atoms with E-state index in [0.29, 0.717) is 6.42 Å². The second-order valence-corrected chi connectivity index (χ2v) is 8.64. The Morgan fingerprint density at radius 3 is 1.74 bits per heavy atom. The first-order valence-electron chi connectivity index (χ1n) is 10.7. The van der Waals surface area contributed by atoms with Crippen molar-refractivity contribution < 1.29 is 39.0 Å². The van der Waals surface area contributed by atoms with Crippen molar-refractivity contribution in [3.05, 3.63) is 0 Å². The zero-order valence-corrected chi connectivity index (χ0v) is 20.6. The van der Waals surface area contributed by atoms with Gasteiger partial charge in [-0.1, -0.05) is 13.8 Å². The van der Waals surface area contributed by atoms with Gasteiger partial charge in [0.05, 0.1) is 6.04 Å². The maximum Gasteiger partial charge on any atom is 0.325 e. The van der Waals surface area contributed by atoms with E-state index in [4.69, 9.17) is 15.9 Å². The van der Waals surface area contributed by atoms with Crippen LogP contribution in [0.25, 0.3) is 0 Å². The Balaban J connectivity index is 5.16.